The van der Waals surface area contributed by atoms with E-state index in [1.165, 1.54) is 6.21 Å². The Bertz CT molecular complexity index is 515. The fourth-order valence-corrected chi connectivity index (χ4v) is 3.46. The number of nitrogens with zero attached hydrogens (tertiary/aromatic N) is 2. The number of morpholine rings is 1. The summed E-state index contributed by atoms with van der Waals surface area (Å²) in [7, 11) is 0. The van der Waals surface area contributed by atoms with E-state index in [1.807, 2.05) is 0 Å². The average molecular weight is 348 g/mol. The van der Waals surface area contributed by atoms with E-state index in [2.05, 4.69) is 14.6 Å². The molecule has 4 N–H and O–H groups in total. The summed E-state index contributed by atoms with van der Waals surface area (Å²) in [5.41, 5.74) is 10.9. The second-order valence-corrected chi connectivity index (χ2v) is 6.60. The molecule has 0 aromatic rings. The lowest BCUT2D eigenvalue weighted by Crippen LogP contribution is -2.73. The Hall–Kier alpha value is -1.48. The van der Waals surface area contributed by atoms with E-state index < -0.39 is 18.7 Å². The third kappa shape index (κ3) is 3.94. The molecule has 2 atom stereocenters. The number of nitrogens with two attached hydrogens (primary N) is 2. The number of allylic oxidation sites excluding steroid dienone is 1. The zero-order chi connectivity index (χ0) is 17.3. The quantitative estimate of drug-likeness (QED) is 0.574. The normalized spacial score (nSPS) is 35.0. The Morgan fingerprint density at radius 1 is 1.25 bits per heavy atom. The molecule has 0 bridgehead atoms. The number of halogens is 3. The smallest absolute Gasteiger partial charge is 0.422 e. The predicted octanol–water partition coefficient (Wildman–Crippen LogP) is 1.12. The molecule has 0 aromatic heterocycles. The molecule has 3 rings (SSSR count). The molecule has 3 fully saturated rings. The maximum absolute atomic E-state index is 12.1. The Labute approximate surface area is 138 Å². The molecule has 9 heteroatoms. The summed E-state index contributed by atoms with van der Waals surface area (Å²) < 4.78 is 46.0. The van der Waals surface area contributed by atoms with Gasteiger partial charge in [-0.05, 0) is 25.7 Å². The van der Waals surface area contributed by atoms with Crippen LogP contribution in [0.25, 0.3) is 0 Å². The van der Waals surface area contributed by atoms with Gasteiger partial charge in [0, 0.05) is 18.8 Å². The number of alkyl halides is 3. The molecule has 2 heterocycles. The lowest BCUT2D eigenvalue weighted by atomic mass is 9.84. The molecule has 0 aromatic carbocycles. The van der Waals surface area contributed by atoms with Gasteiger partial charge in [-0.1, -0.05) is 0 Å². The van der Waals surface area contributed by atoms with Crippen LogP contribution in [0.15, 0.2) is 16.6 Å². The van der Waals surface area contributed by atoms with Crippen molar-refractivity contribution < 1.29 is 22.6 Å². The third-order valence-electron chi connectivity index (χ3n) is 4.96. The van der Waals surface area contributed by atoms with E-state index in [0.717, 1.165) is 38.8 Å². The summed E-state index contributed by atoms with van der Waals surface area (Å²) >= 11 is 0. The summed E-state index contributed by atoms with van der Waals surface area (Å²) in [6.45, 7) is 0.424. The number of rotatable bonds is 5. The number of likely N-dealkylation sites (tertiary alicyclic amines) is 1. The van der Waals surface area contributed by atoms with Gasteiger partial charge in [-0.15, -0.1) is 0 Å². The molecule has 136 valence electrons. The second kappa shape index (κ2) is 6.79. The summed E-state index contributed by atoms with van der Waals surface area (Å²) in [5, 5.41) is 0. The summed E-state index contributed by atoms with van der Waals surface area (Å²) in [6, 6.07) is 1.33. The van der Waals surface area contributed by atoms with Gasteiger partial charge in [0.1, 0.15) is 5.70 Å². The molecule has 1 aliphatic carbocycles. The van der Waals surface area contributed by atoms with Gasteiger partial charge in [0.05, 0.1) is 24.8 Å². The van der Waals surface area contributed by atoms with Crippen molar-refractivity contribution in [2.24, 2.45) is 16.5 Å². The van der Waals surface area contributed by atoms with Crippen LogP contribution < -0.4 is 11.5 Å². The number of fused-ring (bicyclic) bond motifs is 1. The zero-order valence-corrected chi connectivity index (χ0v) is 13.3. The van der Waals surface area contributed by atoms with E-state index in [9.17, 15) is 13.2 Å². The minimum absolute atomic E-state index is 0.0708. The molecule has 0 spiro atoms. The standard InChI is InChI=1S/C15H23F3N4O2/c16-15(17,18)8-24-14(20)11(19)5-21-9-1-3-10(4-2-9)22-6-13-12(22)7-23-13/h5,9-10,12-13H,1-4,6-8,19-20H2/t9?,10?,12-,13?/m1/s1. The molecule has 1 unspecified atom stereocenters. The second-order valence-electron chi connectivity index (χ2n) is 6.60. The van der Waals surface area contributed by atoms with Crippen LogP contribution in [0.2, 0.25) is 0 Å². The minimum atomic E-state index is -4.44. The van der Waals surface area contributed by atoms with Gasteiger partial charge < -0.3 is 20.9 Å². The Morgan fingerprint density at radius 3 is 2.46 bits per heavy atom. The van der Waals surface area contributed by atoms with E-state index in [1.54, 1.807) is 0 Å². The van der Waals surface area contributed by atoms with Crippen LogP contribution in [-0.4, -0.2) is 61.3 Å². The van der Waals surface area contributed by atoms with Crippen LogP contribution in [0.4, 0.5) is 13.2 Å². The topological polar surface area (TPSA) is 86.1 Å². The molecule has 2 saturated heterocycles. The SMILES string of the molecule is NC(C=NC1CCC(N2CC3OC[C@H]32)CC1)=C(N)OCC(F)(F)F. The van der Waals surface area contributed by atoms with Crippen molar-refractivity contribution in [3.8, 4) is 0 Å². The first-order valence-electron chi connectivity index (χ1n) is 8.19. The van der Waals surface area contributed by atoms with Gasteiger partial charge in [-0.25, -0.2) is 0 Å². The van der Waals surface area contributed by atoms with E-state index in [4.69, 9.17) is 16.2 Å². The Kier molecular flexibility index (Phi) is 4.91. The van der Waals surface area contributed by atoms with Gasteiger partial charge in [0.25, 0.3) is 0 Å². The first-order chi connectivity index (χ1) is 11.3. The average Bonchev–Trinajstić information content (AvgIpc) is 2.52. The Morgan fingerprint density at radius 2 is 1.96 bits per heavy atom. The fourth-order valence-electron chi connectivity index (χ4n) is 3.46. The molecule has 6 nitrogen and oxygen atoms in total. The van der Waals surface area contributed by atoms with Gasteiger partial charge in [0.2, 0.25) is 5.88 Å². The lowest BCUT2D eigenvalue weighted by Gasteiger charge is -2.58. The van der Waals surface area contributed by atoms with Crippen molar-refractivity contribution in [3.63, 3.8) is 0 Å². The van der Waals surface area contributed by atoms with Gasteiger partial charge in [-0.2, -0.15) is 13.2 Å². The van der Waals surface area contributed by atoms with Crippen LogP contribution in [0, 0.1) is 0 Å². The van der Waals surface area contributed by atoms with Crippen molar-refractivity contribution in [3.05, 3.63) is 11.6 Å². The first-order valence-corrected chi connectivity index (χ1v) is 8.19. The molecule has 3 aliphatic rings. The molecule has 0 amide bonds. The summed E-state index contributed by atoms with van der Waals surface area (Å²) in [5.74, 6) is -0.443. The molecular weight excluding hydrogens is 325 g/mol. The van der Waals surface area contributed by atoms with Gasteiger partial charge >= 0.3 is 6.18 Å². The van der Waals surface area contributed by atoms with Crippen LogP contribution >= 0.6 is 0 Å². The van der Waals surface area contributed by atoms with Crippen molar-refractivity contribution in [1.82, 2.24) is 4.90 Å². The highest BCUT2D eigenvalue weighted by molar-refractivity contribution is 5.77. The van der Waals surface area contributed by atoms with Gasteiger partial charge in [-0.3, -0.25) is 9.89 Å². The van der Waals surface area contributed by atoms with Crippen LogP contribution in [0.3, 0.4) is 0 Å². The van der Waals surface area contributed by atoms with Crippen molar-refractivity contribution in [2.45, 2.75) is 56.1 Å². The first kappa shape index (κ1) is 17.3. The van der Waals surface area contributed by atoms with Gasteiger partial charge in [0.15, 0.2) is 6.61 Å². The molecular formula is C15H23F3N4O2. The molecule has 0 radical (unpaired) electrons. The van der Waals surface area contributed by atoms with Crippen LogP contribution in [0.1, 0.15) is 25.7 Å². The van der Waals surface area contributed by atoms with Crippen molar-refractivity contribution in [2.75, 3.05) is 19.8 Å². The molecule has 24 heavy (non-hydrogen) atoms. The zero-order valence-electron chi connectivity index (χ0n) is 13.3. The maximum Gasteiger partial charge on any atom is 0.422 e. The minimum Gasteiger partial charge on any atom is -0.468 e. The van der Waals surface area contributed by atoms with Crippen LogP contribution in [-0.2, 0) is 9.47 Å². The monoisotopic (exact) mass is 348 g/mol. The summed E-state index contributed by atoms with van der Waals surface area (Å²) in [6.07, 6.45) is 1.33. The van der Waals surface area contributed by atoms with E-state index >= 15 is 0 Å². The van der Waals surface area contributed by atoms with Crippen LogP contribution in [0.5, 0.6) is 0 Å². The highest BCUT2D eigenvalue weighted by Crippen LogP contribution is 2.37. The van der Waals surface area contributed by atoms with Crippen molar-refractivity contribution >= 4 is 6.21 Å². The molecule has 2 aliphatic heterocycles. The predicted molar refractivity (Wildman–Crippen MR) is 82.2 cm³/mol. The number of hydrogen-bond acceptors (Lipinski definition) is 6. The number of hydrogen-bond donors (Lipinski definition) is 2. The highest BCUT2D eigenvalue weighted by atomic mass is 19.4. The Balaban J connectivity index is 1.42. The highest BCUT2D eigenvalue weighted by Gasteiger charge is 2.49. The number of ether oxygens (including phenoxy) is 2. The molecule has 1 saturated carbocycles. The lowest BCUT2D eigenvalue weighted by molar-refractivity contribution is -0.229. The number of aliphatic imine (C=N–C) groups is 1. The maximum atomic E-state index is 12.1. The largest absolute Gasteiger partial charge is 0.468 e. The van der Waals surface area contributed by atoms with Crippen molar-refractivity contribution in [1.29, 1.82) is 0 Å². The third-order valence-corrected chi connectivity index (χ3v) is 4.96. The van der Waals surface area contributed by atoms with E-state index in [0.29, 0.717) is 18.2 Å². The van der Waals surface area contributed by atoms with E-state index in [-0.39, 0.29) is 11.7 Å². The fraction of sp³-hybridized carbons (Fsp3) is 0.800. The summed E-state index contributed by atoms with van der Waals surface area (Å²) in [4.78, 5) is 6.86.